The first-order valence-electron chi connectivity index (χ1n) is 6.07. The summed E-state index contributed by atoms with van der Waals surface area (Å²) in [7, 11) is 1.90. The lowest BCUT2D eigenvalue weighted by Crippen LogP contribution is -2.19. The number of rotatable bonds is 4. The van der Waals surface area contributed by atoms with E-state index < -0.39 is 0 Å². The molecular weight excluding hydrogens is 408 g/mol. The summed E-state index contributed by atoms with van der Waals surface area (Å²) in [6.45, 7) is 0. The molecule has 0 aromatic heterocycles. The normalized spacial score (nSPS) is 12.4. The second-order valence-corrected chi connectivity index (χ2v) is 6.69. The highest BCUT2D eigenvalue weighted by molar-refractivity contribution is 9.10. The molecule has 0 heterocycles. The van der Waals surface area contributed by atoms with E-state index in [1.165, 1.54) is 12.1 Å². The predicted octanol–water partition coefficient (Wildman–Crippen LogP) is 5.51. The van der Waals surface area contributed by atoms with Gasteiger partial charge in [-0.2, -0.15) is 0 Å². The van der Waals surface area contributed by atoms with Gasteiger partial charge >= 0.3 is 0 Å². The van der Waals surface area contributed by atoms with Crippen LogP contribution in [0.2, 0.25) is 5.02 Å². The largest absolute Gasteiger partial charge is 0.313 e. The zero-order valence-corrected chi connectivity index (χ0v) is 14.7. The van der Waals surface area contributed by atoms with Gasteiger partial charge in [0.15, 0.2) is 0 Å². The molecule has 5 heteroatoms. The van der Waals surface area contributed by atoms with Crippen molar-refractivity contribution in [2.45, 2.75) is 12.5 Å². The smallest absolute Gasteiger partial charge is 0.124 e. The van der Waals surface area contributed by atoms with Crippen molar-refractivity contribution in [3.8, 4) is 0 Å². The third-order valence-corrected chi connectivity index (χ3v) is 4.49. The van der Waals surface area contributed by atoms with E-state index in [4.69, 9.17) is 11.6 Å². The van der Waals surface area contributed by atoms with Crippen LogP contribution in [-0.2, 0) is 6.42 Å². The molecule has 2 rings (SSSR count). The Hall–Kier alpha value is -0.420. The minimum absolute atomic E-state index is 0.103. The summed E-state index contributed by atoms with van der Waals surface area (Å²) >= 11 is 12.9. The van der Waals surface area contributed by atoms with E-state index in [1.54, 1.807) is 6.07 Å². The molecule has 1 unspecified atom stereocenters. The minimum atomic E-state index is -0.243. The second kappa shape index (κ2) is 7.03. The Morgan fingerprint density at radius 1 is 1.20 bits per heavy atom. The van der Waals surface area contributed by atoms with Gasteiger partial charge in [-0.05, 0) is 54.9 Å². The molecule has 0 amide bonds. The fourth-order valence-electron chi connectivity index (χ4n) is 2.07. The van der Waals surface area contributed by atoms with Crippen molar-refractivity contribution in [1.29, 1.82) is 0 Å². The van der Waals surface area contributed by atoms with Gasteiger partial charge in [-0.1, -0.05) is 49.5 Å². The fourth-order valence-corrected chi connectivity index (χ4v) is 3.47. The summed E-state index contributed by atoms with van der Waals surface area (Å²) in [5.74, 6) is -0.243. The van der Waals surface area contributed by atoms with Crippen LogP contribution in [-0.4, -0.2) is 7.05 Å². The quantitative estimate of drug-likeness (QED) is 0.687. The molecule has 0 aliphatic heterocycles. The molecule has 1 nitrogen and oxygen atoms in total. The molecule has 1 N–H and O–H groups in total. The highest BCUT2D eigenvalue weighted by Gasteiger charge is 2.13. The van der Waals surface area contributed by atoms with Crippen LogP contribution in [0, 0.1) is 5.82 Å². The Labute approximate surface area is 139 Å². The Bertz CT molecular complexity index is 599. The molecule has 0 saturated carbocycles. The maximum atomic E-state index is 13.1. The fraction of sp³-hybridized carbons (Fsp3) is 0.200. The summed E-state index contributed by atoms with van der Waals surface area (Å²) in [5, 5.41) is 3.96. The van der Waals surface area contributed by atoms with E-state index in [1.807, 2.05) is 25.2 Å². The van der Waals surface area contributed by atoms with Gasteiger partial charge in [-0.25, -0.2) is 4.39 Å². The standard InChI is InChI=1S/C15H13Br2ClFN/c1-20-15(10-4-11(16)7-12(18)5-10)6-9-2-3-13(19)8-14(9)17/h2-5,7-8,15,20H,6H2,1H3. The highest BCUT2D eigenvalue weighted by Crippen LogP contribution is 2.28. The van der Waals surface area contributed by atoms with Crippen LogP contribution in [0.5, 0.6) is 0 Å². The van der Waals surface area contributed by atoms with E-state index >= 15 is 0 Å². The number of benzene rings is 2. The Balaban J connectivity index is 2.28. The van der Waals surface area contributed by atoms with Crippen molar-refractivity contribution in [2.75, 3.05) is 7.05 Å². The van der Waals surface area contributed by atoms with Crippen molar-refractivity contribution >= 4 is 43.5 Å². The molecular formula is C15H13Br2ClFN. The van der Waals surface area contributed by atoms with E-state index in [-0.39, 0.29) is 11.9 Å². The van der Waals surface area contributed by atoms with E-state index in [9.17, 15) is 4.39 Å². The second-order valence-electron chi connectivity index (χ2n) is 4.48. The summed E-state index contributed by atoms with van der Waals surface area (Å²) < 4.78 is 14.8. The maximum Gasteiger partial charge on any atom is 0.124 e. The van der Waals surface area contributed by atoms with Gasteiger partial charge in [0.05, 0.1) is 0 Å². The first-order chi connectivity index (χ1) is 9.49. The Kier molecular flexibility index (Phi) is 5.61. The van der Waals surface area contributed by atoms with Crippen molar-refractivity contribution in [3.63, 3.8) is 0 Å². The van der Waals surface area contributed by atoms with Crippen molar-refractivity contribution < 1.29 is 4.39 Å². The summed E-state index contributed by atoms with van der Waals surface area (Å²) in [5.41, 5.74) is 2.13. The molecule has 0 spiro atoms. The topological polar surface area (TPSA) is 12.0 Å². The van der Waals surface area contributed by atoms with E-state index in [0.29, 0.717) is 5.02 Å². The van der Waals surface area contributed by atoms with Crippen LogP contribution in [0.4, 0.5) is 4.39 Å². The van der Waals surface area contributed by atoms with Gasteiger partial charge in [0.2, 0.25) is 0 Å². The first kappa shape index (κ1) is 16.0. The summed E-state index contributed by atoms with van der Waals surface area (Å²) in [4.78, 5) is 0. The lowest BCUT2D eigenvalue weighted by atomic mass is 9.99. The number of hydrogen-bond donors (Lipinski definition) is 1. The molecule has 0 fully saturated rings. The van der Waals surface area contributed by atoms with Crippen molar-refractivity contribution in [3.05, 3.63) is 67.3 Å². The third kappa shape index (κ3) is 4.04. The van der Waals surface area contributed by atoms with Crippen molar-refractivity contribution in [1.82, 2.24) is 5.32 Å². The van der Waals surface area contributed by atoms with Gasteiger partial charge in [0, 0.05) is 20.0 Å². The lowest BCUT2D eigenvalue weighted by Gasteiger charge is -2.18. The predicted molar refractivity (Wildman–Crippen MR) is 88.8 cm³/mol. The van der Waals surface area contributed by atoms with Crippen molar-refractivity contribution in [2.24, 2.45) is 0 Å². The van der Waals surface area contributed by atoms with Gasteiger partial charge in [0.1, 0.15) is 5.82 Å². The summed E-state index contributed by atoms with van der Waals surface area (Å²) in [6, 6.07) is 10.7. The van der Waals surface area contributed by atoms with Gasteiger partial charge in [0.25, 0.3) is 0 Å². The molecule has 0 saturated heterocycles. The number of likely N-dealkylation sites (N-methyl/N-ethyl adjacent to an activating group) is 1. The molecule has 106 valence electrons. The van der Waals surface area contributed by atoms with Gasteiger partial charge < -0.3 is 5.32 Å². The monoisotopic (exact) mass is 419 g/mol. The summed E-state index contributed by atoms with van der Waals surface area (Å²) in [6.07, 6.45) is 0.740. The maximum absolute atomic E-state index is 13.1. The zero-order chi connectivity index (χ0) is 14.7. The van der Waals surface area contributed by atoms with Gasteiger partial charge in [-0.15, -0.1) is 0 Å². The minimum Gasteiger partial charge on any atom is -0.313 e. The van der Waals surface area contributed by atoms with Crippen LogP contribution in [0.25, 0.3) is 0 Å². The first-order valence-corrected chi connectivity index (χ1v) is 8.03. The van der Waals surface area contributed by atoms with E-state index in [2.05, 4.69) is 37.2 Å². The molecule has 0 radical (unpaired) electrons. The molecule has 20 heavy (non-hydrogen) atoms. The zero-order valence-electron chi connectivity index (χ0n) is 10.8. The number of hydrogen-bond acceptors (Lipinski definition) is 1. The van der Waals surface area contributed by atoms with Crippen LogP contribution < -0.4 is 5.32 Å². The SMILES string of the molecule is CNC(Cc1ccc(F)cc1Br)c1cc(Cl)cc(Br)c1. The Morgan fingerprint density at radius 3 is 2.55 bits per heavy atom. The third-order valence-electron chi connectivity index (χ3n) is 3.07. The van der Waals surface area contributed by atoms with Crippen LogP contribution in [0.1, 0.15) is 17.2 Å². The van der Waals surface area contributed by atoms with Crippen LogP contribution >= 0.6 is 43.5 Å². The van der Waals surface area contributed by atoms with Gasteiger partial charge in [-0.3, -0.25) is 0 Å². The molecule has 2 aromatic carbocycles. The molecule has 1 atom stereocenters. The molecule has 2 aromatic rings. The average molecular weight is 422 g/mol. The Morgan fingerprint density at radius 2 is 1.95 bits per heavy atom. The van der Waals surface area contributed by atoms with E-state index in [0.717, 1.165) is 26.5 Å². The lowest BCUT2D eigenvalue weighted by molar-refractivity contribution is 0.587. The average Bonchev–Trinajstić information content (AvgIpc) is 2.36. The molecule has 0 aliphatic carbocycles. The number of halogens is 4. The van der Waals surface area contributed by atoms with Crippen LogP contribution in [0.15, 0.2) is 45.3 Å². The molecule has 0 bridgehead atoms. The molecule has 0 aliphatic rings. The van der Waals surface area contributed by atoms with Crippen LogP contribution in [0.3, 0.4) is 0 Å². The highest BCUT2D eigenvalue weighted by atomic mass is 79.9. The number of nitrogens with one attached hydrogen (secondary N) is 1.